The Morgan fingerprint density at radius 1 is 1.07 bits per heavy atom. The molecule has 2 aromatic rings. The first kappa shape index (κ1) is 22.5. The highest BCUT2D eigenvalue weighted by molar-refractivity contribution is 7.88. The molecule has 1 heterocycles. The van der Waals surface area contributed by atoms with Crippen LogP contribution in [0.5, 0.6) is 5.75 Å². The second-order valence-corrected chi connectivity index (χ2v) is 6.88. The highest BCUT2D eigenvalue weighted by Gasteiger charge is 2.49. The molecule has 6 nitrogen and oxygen atoms in total. The molecule has 0 N–H and O–H groups in total. The van der Waals surface area contributed by atoms with Crippen molar-refractivity contribution in [2.75, 3.05) is 6.61 Å². The van der Waals surface area contributed by atoms with E-state index in [0.29, 0.717) is 12.1 Å². The summed E-state index contributed by atoms with van der Waals surface area (Å²) in [4.78, 5) is 15.5. The Balaban J connectivity index is 2.53. The molecule has 0 saturated heterocycles. The lowest BCUT2D eigenvalue weighted by Gasteiger charge is -2.16. The summed E-state index contributed by atoms with van der Waals surface area (Å²) >= 11 is 0. The number of nitrogens with zero attached hydrogens (tertiary/aromatic N) is 1. The molecule has 0 aliphatic carbocycles. The number of benzene rings is 1. The van der Waals surface area contributed by atoms with Gasteiger partial charge in [-0.25, -0.2) is 4.79 Å². The Kier molecular flexibility index (Phi) is 6.11. The van der Waals surface area contributed by atoms with Gasteiger partial charge in [-0.1, -0.05) is 0 Å². The van der Waals surface area contributed by atoms with Crippen LogP contribution in [0.4, 0.5) is 26.3 Å². The highest BCUT2D eigenvalue weighted by atomic mass is 32.2. The average molecular weight is 443 g/mol. The third kappa shape index (κ3) is 5.16. The monoisotopic (exact) mass is 443 g/mol. The van der Waals surface area contributed by atoms with Gasteiger partial charge in [-0.2, -0.15) is 34.8 Å². The Hall–Kier alpha value is -2.83. The molecule has 29 heavy (non-hydrogen) atoms. The normalized spacial score (nSPS) is 12.5. The van der Waals surface area contributed by atoms with Gasteiger partial charge in [-0.3, -0.25) is 4.98 Å². The van der Waals surface area contributed by atoms with Crippen LogP contribution in [0.1, 0.15) is 22.8 Å². The molecule has 2 rings (SSSR count). The molecule has 0 bridgehead atoms. The number of aromatic nitrogens is 1. The lowest BCUT2D eigenvalue weighted by Crippen LogP contribution is -2.28. The van der Waals surface area contributed by atoms with Gasteiger partial charge in [0.2, 0.25) is 0 Å². The Labute approximate surface area is 160 Å². The Morgan fingerprint density at radius 3 is 2.28 bits per heavy atom. The van der Waals surface area contributed by atoms with Crippen LogP contribution in [0.15, 0.2) is 36.5 Å². The number of hydrogen-bond donors (Lipinski definition) is 0. The first-order valence-corrected chi connectivity index (χ1v) is 9.02. The predicted molar refractivity (Wildman–Crippen MR) is 86.2 cm³/mol. The largest absolute Gasteiger partial charge is 0.534 e. The van der Waals surface area contributed by atoms with Crippen molar-refractivity contribution in [1.29, 1.82) is 0 Å². The predicted octanol–water partition coefficient (Wildman–Crippen LogP) is 4.17. The Morgan fingerprint density at radius 2 is 1.72 bits per heavy atom. The maximum absolute atomic E-state index is 13.3. The van der Waals surface area contributed by atoms with Crippen LogP contribution < -0.4 is 4.18 Å². The molecule has 1 aromatic carbocycles. The first-order chi connectivity index (χ1) is 13.3. The maximum atomic E-state index is 13.3. The van der Waals surface area contributed by atoms with E-state index >= 15 is 0 Å². The number of carbonyl (C=O) groups is 1. The number of carbonyl (C=O) groups excluding carboxylic acids is 1. The van der Waals surface area contributed by atoms with Crippen LogP contribution in [0, 0.1) is 0 Å². The minimum absolute atomic E-state index is 0.0228. The van der Waals surface area contributed by atoms with Crippen molar-refractivity contribution >= 4 is 16.1 Å². The number of rotatable bonds is 5. The molecule has 0 saturated carbocycles. The molecule has 0 aliphatic rings. The van der Waals surface area contributed by atoms with E-state index in [0.717, 1.165) is 18.3 Å². The molecule has 0 atom stereocenters. The zero-order valence-corrected chi connectivity index (χ0v) is 15.2. The summed E-state index contributed by atoms with van der Waals surface area (Å²) in [7, 11) is -6.31. The van der Waals surface area contributed by atoms with Gasteiger partial charge in [0.05, 0.1) is 23.4 Å². The van der Waals surface area contributed by atoms with Gasteiger partial charge in [0.25, 0.3) is 0 Å². The zero-order chi connectivity index (χ0) is 22.0. The summed E-state index contributed by atoms with van der Waals surface area (Å²) < 4.78 is 108. The number of ether oxygens (including phenoxy) is 1. The first-order valence-electron chi connectivity index (χ1n) is 7.62. The van der Waals surface area contributed by atoms with Gasteiger partial charge in [0.1, 0.15) is 0 Å². The van der Waals surface area contributed by atoms with Gasteiger partial charge < -0.3 is 8.92 Å². The molecule has 0 aliphatic heterocycles. The van der Waals surface area contributed by atoms with E-state index in [2.05, 4.69) is 9.17 Å². The van der Waals surface area contributed by atoms with Crippen molar-refractivity contribution in [3.8, 4) is 17.0 Å². The second-order valence-electron chi connectivity index (χ2n) is 5.34. The smallest absolute Gasteiger partial charge is 0.462 e. The number of pyridine rings is 1. The number of esters is 1. The quantitative estimate of drug-likeness (QED) is 0.299. The van der Waals surface area contributed by atoms with Crippen LogP contribution in [-0.2, 0) is 21.0 Å². The molecule has 0 unspecified atom stereocenters. The third-order valence-corrected chi connectivity index (χ3v) is 4.30. The van der Waals surface area contributed by atoms with Gasteiger partial charge in [-0.05, 0) is 37.3 Å². The van der Waals surface area contributed by atoms with E-state index < -0.39 is 39.1 Å². The minimum Gasteiger partial charge on any atom is -0.462 e. The minimum atomic E-state index is -6.31. The summed E-state index contributed by atoms with van der Waals surface area (Å²) in [5.74, 6) is -2.32. The molecule has 0 spiro atoms. The second kappa shape index (κ2) is 7.89. The molecule has 0 amide bonds. The molecule has 1 aromatic heterocycles. The van der Waals surface area contributed by atoms with E-state index in [-0.39, 0.29) is 23.4 Å². The van der Waals surface area contributed by atoms with Crippen molar-refractivity contribution in [2.45, 2.75) is 18.6 Å². The summed E-state index contributed by atoms with van der Waals surface area (Å²) in [6.45, 7) is 1.59. The average Bonchev–Trinajstić information content (AvgIpc) is 2.60. The molecular formula is C16H11F6NO5S. The lowest BCUT2D eigenvalue weighted by molar-refractivity contribution is -0.138. The lowest BCUT2D eigenvalue weighted by atomic mass is 10.0. The van der Waals surface area contributed by atoms with Gasteiger partial charge in [-0.15, -0.1) is 0 Å². The number of hydrogen-bond acceptors (Lipinski definition) is 6. The van der Waals surface area contributed by atoms with Gasteiger partial charge in [0, 0.05) is 11.8 Å². The highest BCUT2D eigenvalue weighted by Crippen LogP contribution is 2.40. The third-order valence-electron chi connectivity index (χ3n) is 3.33. The standard InChI is InChI=1S/C16H11F6NO5S/c1-2-27-14(24)10-5-6-23-12(8-10)9-3-4-13(11(7-9)15(17,18)19)28-29(25,26)16(20,21)22/h3-8H,2H2,1H3. The van der Waals surface area contributed by atoms with Crippen LogP contribution >= 0.6 is 0 Å². The van der Waals surface area contributed by atoms with Crippen molar-refractivity contribution in [3.05, 3.63) is 47.7 Å². The zero-order valence-electron chi connectivity index (χ0n) is 14.3. The summed E-state index contributed by atoms with van der Waals surface area (Å²) in [5.41, 5.74) is -8.09. The van der Waals surface area contributed by atoms with E-state index in [9.17, 15) is 39.6 Å². The molecular weight excluding hydrogens is 432 g/mol. The fraction of sp³-hybridized carbons (Fsp3) is 0.250. The van der Waals surface area contributed by atoms with Crippen molar-refractivity contribution in [3.63, 3.8) is 0 Å². The maximum Gasteiger partial charge on any atom is 0.534 e. The molecule has 158 valence electrons. The topological polar surface area (TPSA) is 82.6 Å². The van der Waals surface area contributed by atoms with E-state index in [1.54, 1.807) is 6.92 Å². The van der Waals surface area contributed by atoms with Crippen LogP contribution in [0.3, 0.4) is 0 Å². The van der Waals surface area contributed by atoms with E-state index in [4.69, 9.17) is 4.74 Å². The Bertz CT molecular complexity index is 1020. The summed E-state index contributed by atoms with van der Waals surface area (Å²) in [6, 6.07) is 4.01. The summed E-state index contributed by atoms with van der Waals surface area (Å²) in [5, 5.41) is 0. The fourth-order valence-corrected chi connectivity index (χ4v) is 2.55. The molecule has 13 heteroatoms. The number of alkyl halides is 6. The number of halogens is 6. The van der Waals surface area contributed by atoms with Crippen molar-refractivity contribution in [2.24, 2.45) is 0 Å². The van der Waals surface area contributed by atoms with Gasteiger partial charge >= 0.3 is 27.8 Å². The van der Waals surface area contributed by atoms with Crippen LogP contribution in [-0.4, -0.2) is 31.5 Å². The van der Waals surface area contributed by atoms with Crippen LogP contribution in [0.25, 0.3) is 11.3 Å². The van der Waals surface area contributed by atoms with Crippen molar-refractivity contribution in [1.82, 2.24) is 4.98 Å². The van der Waals surface area contributed by atoms with E-state index in [1.807, 2.05) is 0 Å². The molecule has 0 radical (unpaired) electrons. The molecule has 0 fully saturated rings. The van der Waals surface area contributed by atoms with Gasteiger partial charge in [0.15, 0.2) is 5.75 Å². The van der Waals surface area contributed by atoms with Crippen molar-refractivity contribution < 1.29 is 48.5 Å². The van der Waals surface area contributed by atoms with Crippen LogP contribution in [0.2, 0.25) is 0 Å². The SMILES string of the molecule is CCOC(=O)c1ccnc(-c2ccc(OS(=O)(=O)C(F)(F)F)c(C(F)(F)F)c2)c1. The fourth-order valence-electron chi connectivity index (χ4n) is 2.08. The summed E-state index contributed by atoms with van der Waals surface area (Å²) in [6.07, 6.45) is -4.13. The van der Waals surface area contributed by atoms with E-state index in [1.165, 1.54) is 6.07 Å².